The molecular weight excluding hydrogens is 366 g/mol. The predicted octanol–water partition coefficient (Wildman–Crippen LogP) is 3.45. The number of ether oxygens (including phenoxy) is 1. The number of carbonyl (C=O) groups is 2. The van der Waals surface area contributed by atoms with Crippen molar-refractivity contribution in [1.82, 2.24) is 5.32 Å². The lowest BCUT2D eigenvalue weighted by Gasteiger charge is -2.22. The Kier molecular flexibility index (Phi) is 7.64. The number of piperidine rings is 1. The van der Waals surface area contributed by atoms with Crippen molar-refractivity contribution in [2.75, 3.05) is 24.3 Å². The summed E-state index contributed by atoms with van der Waals surface area (Å²) in [6.07, 6.45) is 3.03. The summed E-state index contributed by atoms with van der Waals surface area (Å²) in [6.45, 7) is 0.878. The topological polar surface area (TPSA) is 79.5 Å². The van der Waals surface area contributed by atoms with Crippen LogP contribution in [0.25, 0.3) is 0 Å². The summed E-state index contributed by atoms with van der Waals surface area (Å²) < 4.78 is 5.10. The van der Waals surface area contributed by atoms with E-state index in [1.807, 2.05) is 0 Å². The number of benzene rings is 2. The second-order valence-corrected chi connectivity index (χ2v) is 6.25. The van der Waals surface area contributed by atoms with E-state index in [0.29, 0.717) is 16.9 Å². The van der Waals surface area contributed by atoms with Gasteiger partial charge in [0.2, 0.25) is 5.91 Å². The molecule has 6 nitrogen and oxygen atoms in total. The van der Waals surface area contributed by atoms with Gasteiger partial charge in [-0.3, -0.25) is 9.59 Å². The fourth-order valence-corrected chi connectivity index (χ4v) is 2.89. The average Bonchev–Trinajstić information content (AvgIpc) is 2.69. The van der Waals surface area contributed by atoms with E-state index in [-0.39, 0.29) is 30.3 Å². The van der Waals surface area contributed by atoms with Gasteiger partial charge in [-0.1, -0.05) is 6.42 Å². The standard InChI is InChI=1S/C20H23N3O3.ClH/c1-26-17-11-9-16(10-12-17)22-19(24)14-5-7-15(8-6-14)23-20(25)18-4-2-3-13-21-18;/h5-12,18,21H,2-4,13H2,1H3,(H,22,24)(H,23,25);1H. The third-order valence-electron chi connectivity index (χ3n) is 4.39. The molecule has 3 rings (SSSR count). The summed E-state index contributed by atoms with van der Waals surface area (Å²) in [7, 11) is 1.60. The Labute approximate surface area is 165 Å². The zero-order valence-electron chi connectivity index (χ0n) is 15.2. The normalized spacial score (nSPS) is 16.0. The Morgan fingerprint density at radius 3 is 2.19 bits per heavy atom. The molecule has 0 aliphatic carbocycles. The number of rotatable bonds is 5. The summed E-state index contributed by atoms with van der Waals surface area (Å²) in [5.74, 6) is 0.498. The molecule has 1 unspecified atom stereocenters. The second kappa shape index (κ2) is 9.94. The number of nitrogens with one attached hydrogen (secondary N) is 3. The maximum atomic E-state index is 12.3. The van der Waals surface area contributed by atoms with Crippen LogP contribution in [-0.2, 0) is 4.79 Å². The molecule has 1 aliphatic rings. The average molecular weight is 390 g/mol. The monoisotopic (exact) mass is 389 g/mol. The van der Waals surface area contributed by atoms with Gasteiger partial charge in [-0.15, -0.1) is 12.4 Å². The van der Waals surface area contributed by atoms with Crippen LogP contribution >= 0.6 is 12.4 Å². The van der Waals surface area contributed by atoms with E-state index in [9.17, 15) is 9.59 Å². The van der Waals surface area contributed by atoms with Crippen LogP contribution in [-0.4, -0.2) is 31.5 Å². The number of anilines is 2. The molecular formula is C20H24ClN3O3. The van der Waals surface area contributed by atoms with Gasteiger partial charge in [0.15, 0.2) is 0 Å². The molecule has 7 heteroatoms. The van der Waals surface area contributed by atoms with Crippen LogP contribution in [0.4, 0.5) is 11.4 Å². The van der Waals surface area contributed by atoms with Crippen molar-refractivity contribution in [2.45, 2.75) is 25.3 Å². The van der Waals surface area contributed by atoms with Crippen LogP contribution in [0, 0.1) is 0 Å². The second-order valence-electron chi connectivity index (χ2n) is 6.25. The van der Waals surface area contributed by atoms with Gasteiger partial charge in [0, 0.05) is 16.9 Å². The van der Waals surface area contributed by atoms with Crippen molar-refractivity contribution in [3.63, 3.8) is 0 Å². The molecule has 1 saturated heterocycles. The van der Waals surface area contributed by atoms with E-state index in [1.165, 1.54) is 0 Å². The lowest BCUT2D eigenvalue weighted by Crippen LogP contribution is -2.43. The number of methoxy groups -OCH3 is 1. The molecule has 0 bridgehead atoms. The molecule has 2 aromatic carbocycles. The number of carbonyl (C=O) groups excluding carboxylic acids is 2. The van der Waals surface area contributed by atoms with Gasteiger partial charge in [-0.05, 0) is 67.9 Å². The SMILES string of the molecule is COc1ccc(NC(=O)c2ccc(NC(=O)C3CCCCN3)cc2)cc1.Cl. The molecule has 0 aromatic heterocycles. The summed E-state index contributed by atoms with van der Waals surface area (Å²) in [6, 6.07) is 13.9. The molecule has 1 heterocycles. The van der Waals surface area contributed by atoms with E-state index in [0.717, 1.165) is 31.6 Å². The molecule has 2 aromatic rings. The first-order valence-corrected chi connectivity index (χ1v) is 8.75. The molecule has 2 amide bonds. The molecule has 0 spiro atoms. The fraction of sp³-hybridized carbons (Fsp3) is 0.300. The van der Waals surface area contributed by atoms with Gasteiger partial charge in [0.1, 0.15) is 5.75 Å². The quantitative estimate of drug-likeness (QED) is 0.731. The maximum absolute atomic E-state index is 12.3. The highest BCUT2D eigenvalue weighted by atomic mass is 35.5. The Bertz CT molecular complexity index is 757. The minimum Gasteiger partial charge on any atom is -0.497 e. The molecule has 0 radical (unpaired) electrons. The number of hydrogen-bond acceptors (Lipinski definition) is 4. The molecule has 1 aliphatic heterocycles. The van der Waals surface area contributed by atoms with Crippen molar-refractivity contribution in [2.24, 2.45) is 0 Å². The van der Waals surface area contributed by atoms with Crippen molar-refractivity contribution in [3.05, 3.63) is 54.1 Å². The smallest absolute Gasteiger partial charge is 0.255 e. The molecule has 144 valence electrons. The highest BCUT2D eigenvalue weighted by Gasteiger charge is 2.20. The first-order chi connectivity index (χ1) is 12.7. The zero-order valence-corrected chi connectivity index (χ0v) is 16.0. The van der Waals surface area contributed by atoms with Gasteiger partial charge >= 0.3 is 0 Å². The van der Waals surface area contributed by atoms with Crippen LogP contribution in [0.15, 0.2) is 48.5 Å². The highest BCUT2D eigenvalue weighted by molar-refractivity contribution is 6.04. The molecule has 1 fully saturated rings. The predicted molar refractivity (Wildman–Crippen MR) is 109 cm³/mol. The minimum absolute atomic E-state index is 0. The van der Waals surface area contributed by atoms with Gasteiger partial charge in [-0.25, -0.2) is 0 Å². The van der Waals surface area contributed by atoms with E-state index in [1.54, 1.807) is 55.6 Å². The van der Waals surface area contributed by atoms with Crippen molar-refractivity contribution < 1.29 is 14.3 Å². The largest absolute Gasteiger partial charge is 0.497 e. The van der Waals surface area contributed by atoms with Crippen molar-refractivity contribution in [1.29, 1.82) is 0 Å². The van der Waals surface area contributed by atoms with E-state index in [2.05, 4.69) is 16.0 Å². The van der Waals surface area contributed by atoms with Crippen LogP contribution in [0.1, 0.15) is 29.6 Å². The lowest BCUT2D eigenvalue weighted by atomic mass is 10.0. The van der Waals surface area contributed by atoms with Gasteiger partial charge in [0.05, 0.1) is 13.2 Å². The molecule has 1 atom stereocenters. The summed E-state index contributed by atoms with van der Waals surface area (Å²) in [5.41, 5.74) is 1.90. The first-order valence-electron chi connectivity index (χ1n) is 8.75. The summed E-state index contributed by atoms with van der Waals surface area (Å²) in [4.78, 5) is 24.5. The van der Waals surface area contributed by atoms with E-state index < -0.39 is 0 Å². The van der Waals surface area contributed by atoms with Crippen LogP contribution in [0.3, 0.4) is 0 Å². The van der Waals surface area contributed by atoms with Crippen LogP contribution in [0.2, 0.25) is 0 Å². The minimum atomic E-state index is -0.206. The highest BCUT2D eigenvalue weighted by Crippen LogP contribution is 2.17. The van der Waals surface area contributed by atoms with Crippen molar-refractivity contribution in [3.8, 4) is 5.75 Å². The summed E-state index contributed by atoms with van der Waals surface area (Å²) in [5, 5.41) is 8.94. The fourth-order valence-electron chi connectivity index (χ4n) is 2.89. The van der Waals surface area contributed by atoms with Crippen LogP contribution < -0.4 is 20.7 Å². The van der Waals surface area contributed by atoms with Gasteiger partial charge in [-0.2, -0.15) is 0 Å². The Morgan fingerprint density at radius 2 is 1.59 bits per heavy atom. The third-order valence-corrected chi connectivity index (χ3v) is 4.39. The summed E-state index contributed by atoms with van der Waals surface area (Å²) >= 11 is 0. The number of halogens is 1. The van der Waals surface area contributed by atoms with Gasteiger partial charge in [0.25, 0.3) is 5.91 Å². The zero-order chi connectivity index (χ0) is 18.4. The lowest BCUT2D eigenvalue weighted by molar-refractivity contribution is -0.118. The number of amides is 2. The molecule has 27 heavy (non-hydrogen) atoms. The maximum Gasteiger partial charge on any atom is 0.255 e. The van der Waals surface area contributed by atoms with Gasteiger partial charge < -0.3 is 20.7 Å². The molecule has 0 saturated carbocycles. The third kappa shape index (κ3) is 5.70. The first kappa shape index (κ1) is 20.7. The Morgan fingerprint density at radius 1 is 0.963 bits per heavy atom. The van der Waals surface area contributed by atoms with Crippen LogP contribution in [0.5, 0.6) is 5.75 Å². The number of hydrogen-bond donors (Lipinski definition) is 3. The van der Waals surface area contributed by atoms with E-state index in [4.69, 9.17) is 4.74 Å². The Hall–Kier alpha value is -2.57. The molecule has 3 N–H and O–H groups in total. The van der Waals surface area contributed by atoms with E-state index >= 15 is 0 Å². The Balaban J connectivity index is 0.00000261. The van der Waals surface area contributed by atoms with Crippen molar-refractivity contribution >= 4 is 35.6 Å².